The highest BCUT2D eigenvalue weighted by atomic mass is 79.9. The fraction of sp³-hybridized carbons (Fsp3) is 0.0625. The number of hydrogen-bond donors (Lipinski definition) is 2. The molecule has 0 atom stereocenters. The molecule has 0 aliphatic rings. The lowest BCUT2D eigenvalue weighted by Gasteiger charge is -2.14. The van der Waals surface area contributed by atoms with Crippen LogP contribution in [-0.4, -0.2) is 4.98 Å². The van der Waals surface area contributed by atoms with Crippen molar-refractivity contribution in [3.63, 3.8) is 0 Å². The molecule has 0 amide bonds. The Balaban J connectivity index is 2.07. The van der Waals surface area contributed by atoms with Crippen LogP contribution in [0.2, 0.25) is 0 Å². The number of nitrogens with zero attached hydrogens (tertiary/aromatic N) is 1. The molecule has 3 aromatic rings. The summed E-state index contributed by atoms with van der Waals surface area (Å²) >= 11 is 3.54. The molecule has 0 spiro atoms. The molecule has 3 nitrogen and oxygen atoms in total. The number of aromatic nitrogens is 1. The first-order valence-electron chi connectivity index (χ1n) is 6.32. The fourth-order valence-electron chi connectivity index (χ4n) is 2.17. The van der Waals surface area contributed by atoms with Gasteiger partial charge in [0, 0.05) is 21.7 Å². The molecule has 1 aromatic heterocycles. The first-order valence-corrected chi connectivity index (χ1v) is 7.11. The second-order valence-electron chi connectivity index (χ2n) is 4.63. The number of nitrogen functional groups attached to an aromatic ring is 1. The highest BCUT2D eigenvalue weighted by molar-refractivity contribution is 9.10. The molecule has 0 radical (unpaired) electrons. The zero-order valence-corrected chi connectivity index (χ0v) is 12.6. The molecule has 0 saturated heterocycles. The van der Waals surface area contributed by atoms with E-state index in [1.165, 1.54) is 0 Å². The van der Waals surface area contributed by atoms with Crippen molar-refractivity contribution in [2.75, 3.05) is 11.1 Å². The van der Waals surface area contributed by atoms with E-state index in [1.54, 1.807) is 6.20 Å². The van der Waals surface area contributed by atoms with Crippen LogP contribution < -0.4 is 11.1 Å². The second kappa shape index (κ2) is 5.13. The third kappa shape index (κ3) is 2.23. The molecule has 100 valence electrons. The van der Waals surface area contributed by atoms with Crippen molar-refractivity contribution in [3.05, 3.63) is 58.7 Å². The van der Waals surface area contributed by atoms with Crippen molar-refractivity contribution in [1.82, 2.24) is 4.98 Å². The number of fused-ring (bicyclic) bond motifs is 1. The summed E-state index contributed by atoms with van der Waals surface area (Å²) in [6.45, 7) is 2.06. The third-order valence-corrected chi connectivity index (χ3v) is 4.22. The average molecular weight is 328 g/mol. The summed E-state index contributed by atoms with van der Waals surface area (Å²) in [5.41, 5.74) is 10.9. The Kier molecular flexibility index (Phi) is 3.32. The normalized spacial score (nSPS) is 10.7. The lowest BCUT2D eigenvalue weighted by molar-refractivity contribution is 1.39. The number of rotatable bonds is 2. The molecule has 0 saturated carbocycles. The predicted octanol–water partition coefficient (Wildman–Crippen LogP) is 4.63. The number of benzene rings is 2. The van der Waals surface area contributed by atoms with Crippen LogP contribution in [0.25, 0.3) is 10.9 Å². The molecule has 4 heteroatoms. The maximum absolute atomic E-state index is 6.24. The molecule has 0 unspecified atom stereocenters. The number of nitrogens with one attached hydrogen (secondary N) is 1. The summed E-state index contributed by atoms with van der Waals surface area (Å²) in [6.07, 6.45) is 1.77. The maximum Gasteiger partial charge on any atom is 0.0724 e. The molecular weight excluding hydrogens is 314 g/mol. The van der Waals surface area contributed by atoms with E-state index in [-0.39, 0.29) is 0 Å². The van der Waals surface area contributed by atoms with Crippen molar-refractivity contribution in [1.29, 1.82) is 0 Å². The predicted molar refractivity (Wildman–Crippen MR) is 88.3 cm³/mol. The highest BCUT2D eigenvalue weighted by Gasteiger charge is 2.07. The summed E-state index contributed by atoms with van der Waals surface area (Å²) in [6, 6.07) is 13.9. The molecule has 0 fully saturated rings. The van der Waals surface area contributed by atoms with Gasteiger partial charge < -0.3 is 11.1 Å². The van der Waals surface area contributed by atoms with E-state index >= 15 is 0 Å². The molecule has 3 rings (SSSR count). The van der Waals surface area contributed by atoms with Gasteiger partial charge in [-0.1, -0.05) is 22.0 Å². The van der Waals surface area contributed by atoms with Crippen LogP contribution in [0.1, 0.15) is 5.56 Å². The van der Waals surface area contributed by atoms with Gasteiger partial charge in [0.1, 0.15) is 0 Å². The van der Waals surface area contributed by atoms with Gasteiger partial charge in [0.15, 0.2) is 0 Å². The van der Waals surface area contributed by atoms with E-state index in [0.717, 1.165) is 38.0 Å². The summed E-state index contributed by atoms with van der Waals surface area (Å²) in [4.78, 5) is 4.31. The summed E-state index contributed by atoms with van der Waals surface area (Å²) in [5, 5.41) is 4.35. The van der Waals surface area contributed by atoms with Gasteiger partial charge >= 0.3 is 0 Å². The molecular formula is C16H14BrN3. The molecule has 0 aliphatic heterocycles. The number of halogens is 1. The van der Waals surface area contributed by atoms with Crippen molar-refractivity contribution >= 4 is 43.9 Å². The minimum Gasteiger partial charge on any atom is -0.396 e. The minimum absolute atomic E-state index is 0.718. The van der Waals surface area contributed by atoms with E-state index in [4.69, 9.17) is 5.73 Å². The van der Waals surface area contributed by atoms with Gasteiger partial charge in [0.05, 0.1) is 16.9 Å². The zero-order valence-electron chi connectivity index (χ0n) is 11.0. The standard InChI is InChI=1S/C16H14BrN3/c1-10-12(17)5-2-6-13(10)20-15-8-7-14-11(16(15)18)4-3-9-19-14/h2-9,20H,18H2,1H3. The average Bonchev–Trinajstić information content (AvgIpc) is 2.47. The van der Waals surface area contributed by atoms with E-state index < -0.39 is 0 Å². The molecule has 0 aliphatic carbocycles. The third-order valence-electron chi connectivity index (χ3n) is 3.36. The van der Waals surface area contributed by atoms with Crippen LogP contribution in [0.15, 0.2) is 53.1 Å². The molecule has 20 heavy (non-hydrogen) atoms. The van der Waals surface area contributed by atoms with Gasteiger partial charge in [0.2, 0.25) is 0 Å². The summed E-state index contributed by atoms with van der Waals surface area (Å²) in [5.74, 6) is 0. The molecule has 2 aromatic carbocycles. The highest BCUT2D eigenvalue weighted by Crippen LogP contribution is 2.32. The lowest BCUT2D eigenvalue weighted by atomic mass is 10.1. The molecule has 0 bridgehead atoms. The Morgan fingerprint density at radius 2 is 1.90 bits per heavy atom. The summed E-state index contributed by atoms with van der Waals surface area (Å²) in [7, 11) is 0. The van der Waals surface area contributed by atoms with E-state index in [2.05, 4.69) is 33.2 Å². The lowest BCUT2D eigenvalue weighted by Crippen LogP contribution is -1.99. The molecule has 3 N–H and O–H groups in total. The van der Waals surface area contributed by atoms with Gasteiger partial charge in [-0.05, 0) is 48.9 Å². The van der Waals surface area contributed by atoms with Gasteiger partial charge in [-0.2, -0.15) is 0 Å². The van der Waals surface area contributed by atoms with Crippen LogP contribution in [0, 0.1) is 6.92 Å². The Bertz CT molecular complexity index is 784. The van der Waals surface area contributed by atoms with Gasteiger partial charge in [-0.25, -0.2) is 0 Å². The number of hydrogen-bond acceptors (Lipinski definition) is 3. The Morgan fingerprint density at radius 1 is 1.05 bits per heavy atom. The molecule has 1 heterocycles. The first kappa shape index (κ1) is 12.9. The van der Waals surface area contributed by atoms with Crippen molar-refractivity contribution < 1.29 is 0 Å². The Morgan fingerprint density at radius 3 is 2.75 bits per heavy atom. The summed E-state index contributed by atoms with van der Waals surface area (Å²) < 4.78 is 1.07. The quantitative estimate of drug-likeness (QED) is 0.674. The van der Waals surface area contributed by atoms with Crippen LogP contribution in [0.3, 0.4) is 0 Å². The minimum atomic E-state index is 0.718. The van der Waals surface area contributed by atoms with Crippen LogP contribution >= 0.6 is 15.9 Å². The van der Waals surface area contributed by atoms with Gasteiger partial charge in [-0.15, -0.1) is 0 Å². The number of pyridine rings is 1. The maximum atomic E-state index is 6.24. The number of nitrogens with two attached hydrogens (primary N) is 1. The monoisotopic (exact) mass is 327 g/mol. The van der Waals surface area contributed by atoms with Gasteiger partial charge in [-0.3, -0.25) is 4.98 Å². The van der Waals surface area contributed by atoms with Crippen LogP contribution in [-0.2, 0) is 0 Å². The fourth-order valence-corrected chi connectivity index (χ4v) is 2.54. The van der Waals surface area contributed by atoms with Crippen LogP contribution in [0.5, 0.6) is 0 Å². The topological polar surface area (TPSA) is 50.9 Å². The Hall–Kier alpha value is -2.07. The second-order valence-corrected chi connectivity index (χ2v) is 5.49. The SMILES string of the molecule is Cc1c(Br)cccc1Nc1ccc2ncccc2c1N. The van der Waals surface area contributed by atoms with Crippen molar-refractivity contribution in [3.8, 4) is 0 Å². The van der Waals surface area contributed by atoms with Crippen molar-refractivity contribution in [2.24, 2.45) is 0 Å². The van der Waals surface area contributed by atoms with Crippen LogP contribution in [0.4, 0.5) is 17.1 Å². The van der Waals surface area contributed by atoms with E-state index in [0.29, 0.717) is 0 Å². The first-order chi connectivity index (χ1) is 9.66. The van der Waals surface area contributed by atoms with E-state index in [9.17, 15) is 0 Å². The Labute approximate surface area is 126 Å². The number of anilines is 3. The smallest absolute Gasteiger partial charge is 0.0724 e. The van der Waals surface area contributed by atoms with Gasteiger partial charge in [0.25, 0.3) is 0 Å². The zero-order chi connectivity index (χ0) is 14.1. The van der Waals surface area contributed by atoms with E-state index in [1.807, 2.05) is 42.5 Å². The largest absolute Gasteiger partial charge is 0.396 e. The van der Waals surface area contributed by atoms with Crippen molar-refractivity contribution in [2.45, 2.75) is 6.92 Å².